The highest BCUT2D eigenvalue weighted by Gasteiger charge is 2.29. The van der Waals surface area contributed by atoms with E-state index in [4.69, 9.17) is 0 Å². The highest BCUT2D eigenvalue weighted by Crippen LogP contribution is 2.38. The lowest BCUT2D eigenvalue weighted by Gasteiger charge is -2.28. The van der Waals surface area contributed by atoms with Crippen LogP contribution in [-0.2, 0) is 4.79 Å². The van der Waals surface area contributed by atoms with Crippen LogP contribution in [0.3, 0.4) is 0 Å². The van der Waals surface area contributed by atoms with Gasteiger partial charge in [0.2, 0.25) is 0 Å². The molecule has 0 N–H and O–H groups in total. The van der Waals surface area contributed by atoms with Gasteiger partial charge in [0.1, 0.15) is 11.3 Å². The maximum atomic E-state index is 11.4. The third-order valence-corrected chi connectivity index (χ3v) is 5.06. The molecule has 0 spiro atoms. The van der Waals surface area contributed by atoms with Crippen molar-refractivity contribution in [2.24, 2.45) is 5.92 Å². The summed E-state index contributed by atoms with van der Waals surface area (Å²) in [4.78, 5) is 11.4. The molecule has 0 aliphatic heterocycles. The SMILES string of the molecule is CCC1CCC(=O)CC1Sc1nncs1. The van der Waals surface area contributed by atoms with Crippen LogP contribution in [0.2, 0.25) is 0 Å². The Morgan fingerprint density at radius 2 is 2.53 bits per heavy atom. The van der Waals surface area contributed by atoms with Gasteiger partial charge in [-0.05, 0) is 12.3 Å². The van der Waals surface area contributed by atoms with Crippen LogP contribution < -0.4 is 0 Å². The molecule has 1 aromatic heterocycles. The predicted molar refractivity (Wildman–Crippen MR) is 62.2 cm³/mol. The first-order valence-corrected chi connectivity index (χ1v) is 7.00. The molecule has 1 aliphatic carbocycles. The van der Waals surface area contributed by atoms with Crippen LogP contribution in [0.5, 0.6) is 0 Å². The standard InChI is InChI=1S/C10H14N2OS2/c1-2-7-3-4-8(13)5-9(7)15-10-12-11-6-14-10/h6-7,9H,2-5H2,1H3. The molecule has 0 amide bonds. The molecule has 0 bridgehead atoms. The van der Waals surface area contributed by atoms with E-state index >= 15 is 0 Å². The summed E-state index contributed by atoms with van der Waals surface area (Å²) in [6, 6.07) is 0. The average molecular weight is 242 g/mol. The Morgan fingerprint density at radius 1 is 1.67 bits per heavy atom. The van der Waals surface area contributed by atoms with Gasteiger partial charge >= 0.3 is 0 Å². The van der Waals surface area contributed by atoms with Gasteiger partial charge in [-0.2, -0.15) is 0 Å². The van der Waals surface area contributed by atoms with E-state index in [2.05, 4.69) is 17.1 Å². The van der Waals surface area contributed by atoms with Crippen molar-refractivity contribution in [3.05, 3.63) is 5.51 Å². The van der Waals surface area contributed by atoms with E-state index in [-0.39, 0.29) is 0 Å². The summed E-state index contributed by atoms with van der Waals surface area (Å²) in [6.45, 7) is 2.20. The molecule has 1 fully saturated rings. The Bertz CT molecular complexity index is 326. The van der Waals surface area contributed by atoms with Gasteiger partial charge in [0.05, 0.1) is 0 Å². The van der Waals surface area contributed by atoms with Crippen LogP contribution >= 0.6 is 23.1 Å². The minimum Gasteiger partial charge on any atom is -0.300 e. The first-order valence-electron chi connectivity index (χ1n) is 5.24. The van der Waals surface area contributed by atoms with Crippen LogP contribution in [0.4, 0.5) is 0 Å². The number of hydrogen-bond acceptors (Lipinski definition) is 5. The predicted octanol–water partition coefficient (Wildman–Crippen LogP) is 2.78. The Balaban J connectivity index is 2.01. The first kappa shape index (κ1) is 11.1. The summed E-state index contributed by atoms with van der Waals surface area (Å²) in [5.74, 6) is 1.07. The normalized spacial score (nSPS) is 26.9. The maximum absolute atomic E-state index is 11.4. The van der Waals surface area contributed by atoms with Gasteiger partial charge in [0, 0.05) is 18.1 Å². The molecule has 2 atom stereocenters. The van der Waals surface area contributed by atoms with Crippen LogP contribution in [0, 0.1) is 5.92 Å². The Kier molecular flexibility index (Phi) is 3.75. The van der Waals surface area contributed by atoms with Gasteiger partial charge in [0.25, 0.3) is 0 Å². The molecule has 2 rings (SSSR count). The average Bonchev–Trinajstić information content (AvgIpc) is 2.71. The molecule has 1 saturated carbocycles. The zero-order chi connectivity index (χ0) is 10.7. The summed E-state index contributed by atoms with van der Waals surface area (Å²) >= 11 is 3.29. The molecular weight excluding hydrogens is 228 g/mol. The maximum Gasteiger partial charge on any atom is 0.174 e. The van der Waals surface area contributed by atoms with Crippen molar-refractivity contribution < 1.29 is 4.79 Å². The highest BCUT2D eigenvalue weighted by atomic mass is 32.2. The summed E-state index contributed by atoms with van der Waals surface area (Å²) in [5.41, 5.74) is 1.74. The molecule has 2 unspecified atom stereocenters. The van der Waals surface area contributed by atoms with Crippen LogP contribution in [0.15, 0.2) is 9.85 Å². The van der Waals surface area contributed by atoms with Gasteiger partial charge < -0.3 is 0 Å². The van der Waals surface area contributed by atoms with E-state index in [0.29, 0.717) is 23.4 Å². The summed E-state index contributed by atoms with van der Waals surface area (Å²) < 4.78 is 0.994. The van der Waals surface area contributed by atoms with E-state index in [1.165, 1.54) is 0 Å². The summed E-state index contributed by atoms with van der Waals surface area (Å²) in [7, 11) is 0. The Hall–Kier alpha value is -0.420. The Labute approximate surface area is 97.7 Å². The fourth-order valence-electron chi connectivity index (χ4n) is 1.97. The van der Waals surface area contributed by atoms with Crippen molar-refractivity contribution in [1.82, 2.24) is 10.2 Å². The summed E-state index contributed by atoms with van der Waals surface area (Å²) in [6.07, 6.45) is 3.68. The molecule has 5 heteroatoms. The number of hydrogen-bond donors (Lipinski definition) is 0. The number of Topliss-reactive ketones (excluding diaryl/α,β-unsaturated/α-hetero) is 1. The van der Waals surface area contributed by atoms with E-state index in [1.807, 2.05) is 0 Å². The molecule has 0 saturated heterocycles. The molecule has 1 aromatic rings. The number of carbonyl (C=O) groups is 1. The molecular formula is C10H14N2OS2. The third-order valence-electron chi connectivity index (χ3n) is 2.87. The molecule has 15 heavy (non-hydrogen) atoms. The smallest absolute Gasteiger partial charge is 0.174 e. The minimum atomic E-state index is 0.404. The van der Waals surface area contributed by atoms with Gasteiger partial charge in [0.15, 0.2) is 4.34 Å². The van der Waals surface area contributed by atoms with Gasteiger partial charge in [-0.1, -0.05) is 36.4 Å². The van der Waals surface area contributed by atoms with Crippen molar-refractivity contribution in [3.63, 3.8) is 0 Å². The van der Waals surface area contributed by atoms with Crippen LogP contribution in [-0.4, -0.2) is 21.2 Å². The van der Waals surface area contributed by atoms with E-state index in [9.17, 15) is 4.79 Å². The monoisotopic (exact) mass is 242 g/mol. The number of carbonyl (C=O) groups excluding carboxylic acids is 1. The molecule has 3 nitrogen and oxygen atoms in total. The number of aromatic nitrogens is 2. The second-order valence-electron chi connectivity index (χ2n) is 3.81. The van der Waals surface area contributed by atoms with Gasteiger partial charge in [-0.3, -0.25) is 4.79 Å². The van der Waals surface area contributed by atoms with Crippen LogP contribution in [0.1, 0.15) is 32.6 Å². The van der Waals surface area contributed by atoms with Crippen molar-refractivity contribution >= 4 is 28.9 Å². The minimum absolute atomic E-state index is 0.404. The second kappa shape index (κ2) is 5.07. The molecule has 1 heterocycles. The largest absolute Gasteiger partial charge is 0.300 e. The molecule has 82 valence electrons. The lowest BCUT2D eigenvalue weighted by Crippen LogP contribution is -2.26. The second-order valence-corrected chi connectivity index (χ2v) is 6.13. The molecule has 0 aromatic carbocycles. The topological polar surface area (TPSA) is 42.9 Å². The van der Waals surface area contributed by atoms with E-state index < -0.39 is 0 Å². The third kappa shape index (κ3) is 2.78. The van der Waals surface area contributed by atoms with E-state index in [0.717, 1.165) is 23.6 Å². The number of ketones is 1. The fraction of sp³-hybridized carbons (Fsp3) is 0.700. The Morgan fingerprint density at radius 3 is 3.20 bits per heavy atom. The van der Waals surface area contributed by atoms with Crippen molar-refractivity contribution in [2.45, 2.75) is 42.2 Å². The first-order chi connectivity index (χ1) is 7.29. The number of rotatable bonds is 3. The zero-order valence-corrected chi connectivity index (χ0v) is 10.3. The highest BCUT2D eigenvalue weighted by molar-refractivity contribution is 8.01. The van der Waals surface area contributed by atoms with Crippen molar-refractivity contribution in [2.75, 3.05) is 0 Å². The molecule has 0 radical (unpaired) electrons. The quantitative estimate of drug-likeness (QED) is 0.817. The van der Waals surface area contributed by atoms with Crippen LogP contribution in [0.25, 0.3) is 0 Å². The zero-order valence-electron chi connectivity index (χ0n) is 8.68. The van der Waals surface area contributed by atoms with Gasteiger partial charge in [-0.25, -0.2) is 0 Å². The lowest BCUT2D eigenvalue weighted by molar-refractivity contribution is -0.120. The van der Waals surface area contributed by atoms with Crippen molar-refractivity contribution in [1.29, 1.82) is 0 Å². The van der Waals surface area contributed by atoms with Crippen molar-refractivity contribution in [3.8, 4) is 0 Å². The fourth-order valence-corrected chi connectivity index (χ4v) is 4.12. The summed E-state index contributed by atoms with van der Waals surface area (Å²) in [5, 5.41) is 8.27. The van der Waals surface area contributed by atoms with Gasteiger partial charge in [-0.15, -0.1) is 10.2 Å². The number of nitrogens with zero attached hydrogens (tertiary/aromatic N) is 2. The van der Waals surface area contributed by atoms with E-state index in [1.54, 1.807) is 28.6 Å². The number of thioether (sulfide) groups is 1. The molecule has 1 aliphatic rings. The lowest BCUT2D eigenvalue weighted by atomic mass is 9.86.